The fourth-order valence-corrected chi connectivity index (χ4v) is 6.96. The van der Waals surface area contributed by atoms with Crippen LogP contribution in [0.2, 0.25) is 0 Å². The molecule has 2 heteroatoms. The lowest BCUT2D eigenvalue weighted by molar-refractivity contribution is -0.119. The first kappa shape index (κ1) is 13.6. The molecule has 5 rings (SSSR count). The lowest BCUT2D eigenvalue weighted by atomic mass is 9.43. The van der Waals surface area contributed by atoms with Crippen molar-refractivity contribution < 1.29 is 4.74 Å². The van der Waals surface area contributed by atoms with Crippen LogP contribution >= 0.6 is 0 Å². The Kier molecular flexibility index (Phi) is 3.03. The van der Waals surface area contributed by atoms with Crippen LogP contribution in [0, 0.1) is 22.7 Å². The Morgan fingerprint density at radius 1 is 0.950 bits per heavy atom. The minimum absolute atomic E-state index is 0.487. The van der Waals surface area contributed by atoms with Gasteiger partial charge in [0.15, 0.2) is 0 Å². The van der Waals surface area contributed by atoms with Crippen molar-refractivity contribution in [1.82, 2.24) is 5.32 Å². The van der Waals surface area contributed by atoms with Gasteiger partial charge in [0, 0.05) is 18.8 Å². The van der Waals surface area contributed by atoms with Crippen LogP contribution in [-0.4, -0.2) is 25.3 Å². The van der Waals surface area contributed by atoms with Crippen molar-refractivity contribution in [2.75, 3.05) is 19.8 Å². The Morgan fingerprint density at radius 2 is 1.60 bits per heavy atom. The summed E-state index contributed by atoms with van der Waals surface area (Å²) in [6.45, 7) is 8.35. The first-order valence-corrected chi connectivity index (χ1v) is 8.81. The number of nitrogens with one attached hydrogen (secondary N) is 1. The third-order valence-corrected chi connectivity index (χ3v) is 6.73. The van der Waals surface area contributed by atoms with Crippen LogP contribution in [0.4, 0.5) is 0 Å². The van der Waals surface area contributed by atoms with E-state index in [2.05, 4.69) is 19.2 Å². The molecule has 1 saturated heterocycles. The summed E-state index contributed by atoms with van der Waals surface area (Å²) in [4.78, 5) is 0. The average Bonchev–Trinajstić information content (AvgIpc) is 2.33. The molecule has 114 valence electrons. The van der Waals surface area contributed by atoms with Crippen molar-refractivity contribution in [1.29, 1.82) is 0 Å². The Labute approximate surface area is 124 Å². The Bertz CT molecular complexity index is 369. The van der Waals surface area contributed by atoms with Crippen molar-refractivity contribution >= 4 is 0 Å². The Balaban J connectivity index is 1.46. The van der Waals surface area contributed by atoms with E-state index in [9.17, 15) is 0 Å². The van der Waals surface area contributed by atoms with E-state index in [1.807, 2.05) is 0 Å². The fraction of sp³-hybridized carbons (Fsp3) is 1.00. The van der Waals surface area contributed by atoms with Crippen molar-refractivity contribution in [3.05, 3.63) is 0 Å². The highest BCUT2D eigenvalue weighted by Crippen LogP contribution is 2.66. The summed E-state index contributed by atoms with van der Waals surface area (Å²) in [5.74, 6) is 1.86. The largest absolute Gasteiger partial charge is 0.381 e. The van der Waals surface area contributed by atoms with Gasteiger partial charge in [-0.3, -0.25) is 0 Å². The monoisotopic (exact) mass is 277 g/mol. The van der Waals surface area contributed by atoms with E-state index in [1.54, 1.807) is 0 Å². The van der Waals surface area contributed by atoms with Gasteiger partial charge in [-0.25, -0.2) is 0 Å². The molecule has 0 aromatic heterocycles. The molecule has 1 aliphatic heterocycles. The summed E-state index contributed by atoms with van der Waals surface area (Å²) < 4.78 is 5.50. The summed E-state index contributed by atoms with van der Waals surface area (Å²) in [6.07, 6.45) is 11.4. The van der Waals surface area contributed by atoms with Gasteiger partial charge in [-0.05, 0) is 80.6 Å². The Hall–Kier alpha value is -0.0800. The highest BCUT2D eigenvalue weighted by Gasteiger charge is 2.59. The zero-order valence-electron chi connectivity index (χ0n) is 13.3. The second kappa shape index (κ2) is 4.46. The maximum absolute atomic E-state index is 5.50. The first-order valence-electron chi connectivity index (χ1n) is 8.81. The molecule has 1 heterocycles. The minimum Gasteiger partial charge on any atom is -0.381 e. The van der Waals surface area contributed by atoms with Gasteiger partial charge in [0.05, 0.1) is 0 Å². The minimum atomic E-state index is 0.487. The maximum atomic E-state index is 5.50. The number of rotatable bonds is 3. The zero-order valence-corrected chi connectivity index (χ0v) is 13.3. The molecule has 5 aliphatic rings. The van der Waals surface area contributed by atoms with Gasteiger partial charge in [0.25, 0.3) is 0 Å². The van der Waals surface area contributed by atoms with Gasteiger partial charge >= 0.3 is 0 Å². The maximum Gasteiger partial charge on any atom is 0.0469 e. The quantitative estimate of drug-likeness (QED) is 0.848. The van der Waals surface area contributed by atoms with Crippen LogP contribution in [0.5, 0.6) is 0 Å². The molecule has 0 radical (unpaired) electrons. The van der Waals surface area contributed by atoms with Gasteiger partial charge in [0.1, 0.15) is 0 Å². The normalized spacial score (nSPS) is 51.6. The van der Waals surface area contributed by atoms with Crippen molar-refractivity contribution in [3.8, 4) is 0 Å². The molecule has 0 amide bonds. The molecule has 0 aromatic carbocycles. The van der Waals surface area contributed by atoms with Crippen LogP contribution in [0.15, 0.2) is 0 Å². The third kappa shape index (κ3) is 2.33. The standard InChI is InChI=1S/C18H31NO/c1-16-7-15-8-17(2,11-16)13-18(9-15,12-16)19-10-14-3-5-20-6-4-14/h14-15,19H,3-13H2,1-2H3. The summed E-state index contributed by atoms with van der Waals surface area (Å²) in [5, 5.41) is 4.09. The number of ether oxygens (including phenoxy) is 1. The molecule has 4 saturated carbocycles. The Morgan fingerprint density at radius 3 is 2.20 bits per heavy atom. The molecule has 2 unspecified atom stereocenters. The molecule has 4 aliphatic carbocycles. The zero-order chi connectivity index (χ0) is 13.8. The van der Waals surface area contributed by atoms with Gasteiger partial charge in [-0.1, -0.05) is 13.8 Å². The predicted molar refractivity (Wildman–Crippen MR) is 81.7 cm³/mol. The van der Waals surface area contributed by atoms with E-state index in [1.165, 1.54) is 57.9 Å². The lowest BCUT2D eigenvalue weighted by Gasteiger charge is -2.65. The molecule has 2 atom stereocenters. The summed E-state index contributed by atoms with van der Waals surface area (Å²) in [6, 6.07) is 0. The lowest BCUT2D eigenvalue weighted by Crippen LogP contribution is -2.64. The number of hydrogen-bond acceptors (Lipinski definition) is 2. The van der Waals surface area contributed by atoms with E-state index in [0.29, 0.717) is 16.4 Å². The van der Waals surface area contributed by atoms with E-state index in [4.69, 9.17) is 4.74 Å². The van der Waals surface area contributed by atoms with E-state index in [0.717, 1.165) is 25.0 Å². The second-order valence-electron chi connectivity index (χ2n) is 9.35. The van der Waals surface area contributed by atoms with E-state index < -0.39 is 0 Å². The summed E-state index contributed by atoms with van der Waals surface area (Å²) >= 11 is 0. The average molecular weight is 277 g/mol. The fourth-order valence-electron chi connectivity index (χ4n) is 6.96. The van der Waals surface area contributed by atoms with Gasteiger partial charge < -0.3 is 10.1 Å². The van der Waals surface area contributed by atoms with Crippen molar-refractivity contribution in [3.63, 3.8) is 0 Å². The predicted octanol–water partition coefficient (Wildman–Crippen LogP) is 3.75. The highest BCUT2D eigenvalue weighted by molar-refractivity contribution is 5.14. The van der Waals surface area contributed by atoms with Crippen molar-refractivity contribution in [2.24, 2.45) is 22.7 Å². The first-order chi connectivity index (χ1) is 9.49. The molecule has 0 spiro atoms. The molecule has 5 fully saturated rings. The third-order valence-electron chi connectivity index (χ3n) is 6.73. The second-order valence-corrected chi connectivity index (χ2v) is 9.35. The van der Waals surface area contributed by atoms with Crippen LogP contribution < -0.4 is 5.32 Å². The molecular weight excluding hydrogens is 246 g/mol. The smallest absolute Gasteiger partial charge is 0.0469 e. The van der Waals surface area contributed by atoms with Gasteiger partial charge in [-0.2, -0.15) is 0 Å². The topological polar surface area (TPSA) is 21.3 Å². The van der Waals surface area contributed by atoms with E-state index in [-0.39, 0.29) is 0 Å². The van der Waals surface area contributed by atoms with E-state index >= 15 is 0 Å². The van der Waals surface area contributed by atoms with Crippen LogP contribution in [0.25, 0.3) is 0 Å². The van der Waals surface area contributed by atoms with Crippen molar-refractivity contribution in [2.45, 2.75) is 70.8 Å². The molecule has 0 aromatic rings. The SMILES string of the molecule is CC12CC3CC(C)(C1)CC(NCC1CCOCC1)(C3)C2. The van der Waals surface area contributed by atoms with Gasteiger partial charge in [0.2, 0.25) is 0 Å². The van der Waals surface area contributed by atoms with Crippen LogP contribution in [0.1, 0.15) is 65.2 Å². The summed E-state index contributed by atoms with van der Waals surface area (Å²) in [5.41, 5.74) is 1.76. The molecule has 20 heavy (non-hydrogen) atoms. The van der Waals surface area contributed by atoms with Crippen LogP contribution in [-0.2, 0) is 4.74 Å². The molecular formula is C18H31NO. The van der Waals surface area contributed by atoms with Crippen LogP contribution in [0.3, 0.4) is 0 Å². The van der Waals surface area contributed by atoms with Gasteiger partial charge in [-0.15, -0.1) is 0 Å². The molecule has 2 nitrogen and oxygen atoms in total. The number of hydrogen-bond donors (Lipinski definition) is 1. The molecule has 4 bridgehead atoms. The highest BCUT2D eigenvalue weighted by atomic mass is 16.5. The molecule has 1 N–H and O–H groups in total. The summed E-state index contributed by atoms with van der Waals surface area (Å²) in [7, 11) is 0.